The number of nitrogens with one attached hydrogen (secondary N) is 3. The second kappa shape index (κ2) is 12.5. The van der Waals surface area contributed by atoms with E-state index in [-0.39, 0.29) is 17.9 Å². The Balaban J connectivity index is 1.69. The third kappa shape index (κ3) is 6.82. The quantitative estimate of drug-likeness (QED) is 0.131. The number of phenolic OH excluding ortho intramolecular Hbond substituents is 1. The lowest BCUT2D eigenvalue weighted by atomic mass is 9.95. The third-order valence-electron chi connectivity index (χ3n) is 5.31. The number of benzene rings is 2. The summed E-state index contributed by atoms with van der Waals surface area (Å²) >= 11 is 0. The molecule has 37 heavy (non-hydrogen) atoms. The van der Waals surface area contributed by atoms with Gasteiger partial charge in [0.05, 0.1) is 38.7 Å². The molecule has 1 heterocycles. The van der Waals surface area contributed by atoms with Gasteiger partial charge in [-0.25, -0.2) is 9.59 Å². The number of rotatable bonds is 11. The molecule has 0 saturated carbocycles. The van der Waals surface area contributed by atoms with Crippen LogP contribution in [0.2, 0.25) is 0 Å². The smallest absolute Gasteiger partial charge is 0.337 e. The van der Waals surface area contributed by atoms with Gasteiger partial charge in [0.2, 0.25) is 0 Å². The van der Waals surface area contributed by atoms with Crippen LogP contribution in [-0.4, -0.2) is 62.1 Å². The monoisotopic (exact) mass is 514 g/mol. The summed E-state index contributed by atoms with van der Waals surface area (Å²) in [6.07, 6.45) is 0.266. The van der Waals surface area contributed by atoms with Crippen LogP contribution in [-0.2, 0) is 9.53 Å². The van der Waals surface area contributed by atoms with E-state index in [9.17, 15) is 19.8 Å². The van der Waals surface area contributed by atoms with Gasteiger partial charge in [-0.05, 0) is 55.3 Å². The minimum atomic E-state index is -1.16. The van der Waals surface area contributed by atoms with E-state index in [1.54, 1.807) is 44.2 Å². The first-order valence-corrected chi connectivity index (χ1v) is 11.4. The molecule has 12 nitrogen and oxygen atoms in total. The Morgan fingerprint density at radius 3 is 2.59 bits per heavy atom. The predicted molar refractivity (Wildman–Crippen MR) is 134 cm³/mol. The number of allylic oxidation sites excluding steroid dienone is 1. The van der Waals surface area contributed by atoms with E-state index < -0.39 is 24.3 Å². The number of carbonyl (C=O) groups excluding carboxylic acids is 2. The van der Waals surface area contributed by atoms with E-state index in [2.05, 4.69) is 21.2 Å². The highest BCUT2D eigenvalue weighted by Gasteiger charge is 2.32. The Bertz CT molecular complexity index is 1200. The van der Waals surface area contributed by atoms with E-state index in [4.69, 9.17) is 18.9 Å². The van der Waals surface area contributed by atoms with Crippen molar-refractivity contribution in [3.63, 3.8) is 0 Å². The molecular weight excluding hydrogens is 484 g/mol. The molecule has 0 bridgehead atoms. The number of hydrogen-bond acceptors (Lipinski definition) is 10. The topological polar surface area (TPSA) is 160 Å². The standard InChI is InChI=1S/C25H30N4O8/c1-5-36-20-11-16(23-22(24(32)35-4)14(2)27-25(33)28-23)7-9-19(20)37-13-21(31)29-26-12-15-6-8-18(34-3)17(30)10-15/h6-12,21,23,29-31H,5,13H2,1-4H3,(H2,27,28,33)/b26-12+/t21-,23-/m1/s1. The SMILES string of the molecule is CCOc1cc([C@H]2NC(=O)NC(C)=C2C(=O)OC)ccc1OC[C@@H](O)N/N=C/c1ccc(OC)c(O)c1. The minimum Gasteiger partial charge on any atom is -0.504 e. The van der Waals surface area contributed by atoms with Crippen LogP contribution in [0.4, 0.5) is 4.79 Å². The van der Waals surface area contributed by atoms with E-state index in [0.717, 1.165) is 0 Å². The molecule has 2 aromatic rings. The second-order valence-electron chi connectivity index (χ2n) is 7.85. The number of phenols is 1. The molecule has 0 spiro atoms. The third-order valence-corrected chi connectivity index (χ3v) is 5.31. The summed E-state index contributed by atoms with van der Waals surface area (Å²) in [5.74, 6) is 0.434. The fourth-order valence-electron chi connectivity index (χ4n) is 3.61. The van der Waals surface area contributed by atoms with E-state index >= 15 is 0 Å². The van der Waals surface area contributed by atoms with Crippen LogP contribution in [0, 0.1) is 0 Å². The molecule has 0 radical (unpaired) electrons. The summed E-state index contributed by atoms with van der Waals surface area (Å²) in [6.45, 7) is 3.58. The van der Waals surface area contributed by atoms with Crippen LogP contribution in [0.3, 0.4) is 0 Å². The molecule has 5 N–H and O–H groups in total. The zero-order valence-electron chi connectivity index (χ0n) is 20.9. The number of hydrazone groups is 1. The second-order valence-corrected chi connectivity index (χ2v) is 7.85. The van der Waals surface area contributed by atoms with Gasteiger partial charge >= 0.3 is 12.0 Å². The number of methoxy groups -OCH3 is 2. The highest BCUT2D eigenvalue weighted by molar-refractivity contribution is 5.95. The molecule has 0 aliphatic carbocycles. The summed E-state index contributed by atoms with van der Waals surface area (Å²) in [7, 11) is 2.72. The van der Waals surface area contributed by atoms with Crippen molar-refractivity contribution in [1.82, 2.24) is 16.1 Å². The number of aliphatic hydroxyl groups excluding tert-OH is 1. The largest absolute Gasteiger partial charge is 0.504 e. The molecular formula is C25H30N4O8. The van der Waals surface area contributed by atoms with Gasteiger partial charge in [-0.1, -0.05) is 6.07 Å². The van der Waals surface area contributed by atoms with E-state index in [0.29, 0.717) is 40.7 Å². The Morgan fingerprint density at radius 1 is 1.16 bits per heavy atom. The van der Waals surface area contributed by atoms with Crippen LogP contribution < -0.4 is 30.3 Å². The first kappa shape index (κ1) is 27.1. The summed E-state index contributed by atoms with van der Waals surface area (Å²) < 4.78 is 21.3. The maximum Gasteiger partial charge on any atom is 0.337 e. The molecule has 1 aliphatic heterocycles. The molecule has 0 unspecified atom stereocenters. The maximum absolute atomic E-state index is 12.4. The Morgan fingerprint density at radius 2 is 1.92 bits per heavy atom. The number of hydrogen-bond donors (Lipinski definition) is 5. The number of esters is 1. The lowest BCUT2D eigenvalue weighted by Gasteiger charge is -2.28. The van der Waals surface area contributed by atoms with Gasteiger partial charge in [-0.2, -0.15) is 5.10 Å². The first-order valence-electron chi connectivity index (χ1n) is 11.4. The Hall–Kier alpha value is -4.45. The van der Waals surface area contributed by atoms with Crippen molar-refractivity contribution >= 4 is 18.2 Å². The fourth-order valence-corrected chi connectivity index (χ4v) is 3.61. The van der Waals surface area contributed by atoms with Gasteiger partial charge in [0.1, 0.15) is 6.61 Å². The zero-order chi connectivity index (χ0) is 26.9. The molecule has 3 rings (SSSR count). The van der Waals surface area contributed by atoms with Crippen molar-refractivity contribution in [3.05, 3.63) is 58.8 Å². The van der Waals surface area contributed by atoms with Crippen LogP contribution in [0.15, 0.2) is 52.8 Å². The van der Waals surface area contributed by atoms with Crippen LogP contribution in [0.25, 0.3) is 0 Å². The van der Waals surface area contributed by atoms with E-state index in [1.807, 2.05) is 0 Å². The lowest BCUT2D eigenvalue weighted by molar-refractivity contribution is -0.136. The molecule has 198 valence electrons. The lowest BCUT2D eigenvalue weighted by Crippen LogP contribution is -2.45. The molecule has 2 aromatic carbocycles. The highest BCUT2D eigenvalue weighted by Crippen LogP contribution is 2.35. The highest BCUT2D eigenvalue weighted by atomic mass is 16.5. The zero-order valence-corrected chi connectivity index (χ0v) is 20.9. The number of carbonyl (C=O) groups is 2. The molecule has 2 amide bonds. The van der Waals surface area contributed by atoms with Gasteiger partial charge in [-0.3, -0.25) is 5.43 Å². The van der Waals surface area contributed by atoms with Crippen molar-refractivity contribution in [2.45, 2.75) is 26.1 Å². The van der Waals surface area contributed by atoms with Crippen molar-refractivity contribution in [1.29, 1.82) is 0 Å². The maximum atomic E-state index is 12.4. The van der Waals surface area contributed by atoms with Crippen LogP contribution >= 0.6 is 0 Å². The minimum absolute atomic E-state index is 0.0318. The normalized spacial score (nSPS) is 16.0. The van der Waals surface area contributed by atoms with Gasteiger partial charge in [0.15, 0.2) is 29.2 Å². The first-order chi connectivity index (χ1) is 17.8. The molecule has 0 fully saturated rings. The molecule has 0 saturated heterocycles. The number of amides is 2. The van der Waals surface area contributed by atoms with Crippen molar-refractivity contribution in [3.8, 4) is 23.0 Å². The van der Waals surface area contributed by atoms with Crippen molar-refractivity contribution < 1.29 is 38.7 Å². The van der Waals surface area contributed by atoms with Crippen LogP contribution in [0.5, 0.6) is 23.0 Å². The molecule has 0 aromatic heterocycles. The Labute approximate surface area is 213 Å². The molecule has 1 aliphatic rings. The van der Waals surface area contributed by atoms with Crippen molar-refractivity contribution in [2.24, 2.45) is 5.10 Å². The van der Waals surface area contributed by atoms with Crippen LogP contribution in [0.1, 0.15) is 31.0 Å². The van der Waals surface area contributed by atoms with Gasteiger partial charge < -0.3 is 39.8 Å². The van der Waals surface area contributed by atoms with Gasteiger partial charge in [0, 0.05) is 5.70 Å². The number of urea groups is 1. The summed E-state index contributed by atoms with van der Waals surface area (Å²) in [6, 6.07) is 8.50. The summed E-state index contributed by atoms with van der Waals surface area (Å²) in [5, 5.41) is 29.3. The average Bonchev–Trinajstić information content (AvgIpc) is 2.87. The fraction of sp³-hybridized carbons (Fsp3) is 0.320. The van der Waals surface area contributed by atoms with E-state index in [1.165, 1.54) is 26.5 Å². The number of nitrogens with zero attached hydrogens (tertiary/aromatic N) is 1. The number of aromatic hydroxyl groups is 1. The van der Waals surface area contributed by atoms with Gasteiger partial charge in [-0.15, -0.1) is 0 Å². The Kier molecular flexibility index (Phi) is 9.16. The van der Waals surface area contributed by atoms with Crippen molar-refractivity contribution in [2.75, 3.05) is 27.4 Å². The summed E-state index contributed by atoms with van der Waals surface area (Å²) in [4.78, 5) is 24.4. The average molecular weight is 515 g/mol. The molecule has 2 atom stereocenters. The summed E-state index contributed by atoms with van der Waals surface area (Å²) in [5.41, 5.74) is 4.36. The van der Waals surface area contributed by atoms with Gasteiger partial charge in [0.25, 0.3) is 0 Å². The molecule has 12 heteroatoms. The predicted octanol–water partition coefficient (Wildman–Crippen LogP) is 1.92. The number of aliphatic hydroxyl groups is 1. The number of ether oxygens (including phenoxy) is 4.